The van der Waals surface area contributed by atoms with Crippen molar-refractivity contribution >= 4 is 59.6 Å². The van der Waals surface area contributed by atoms with Crippen LogP contribution in [0.15, 0.2) is 115 Å². The highest BCUT2D eigenvalue weighted by Crippen LogP contribution is 2.50. The first-order chi connectivity index (χ1) is 23.2. The van der Waals surface area contributed by atoms with E-state index in [0.29, 0.717) is 11.8 Å². The second-order valence-corrected chi connectivity index (χ2v) is 15.4. The Hall–Kier alpha value is -5.14. The molecule has 0 atom stereocenters. The van der Waals surface area contributed by atoms with E-state index < -0.39 is 0 Å². The molecule has 1 aliphatic rings. The summed E-state index contributed by atoms with van der Waals surface area (Å²) in [6, 6.07) is 44.8. The van der Waals surface area contributed by atoms with Crippen LogP contribution in [0, 0.1) is 0 Å². The van der Waals surface area contributed by atoms with Gasteiger partial charge in [0, 0.05) is 27.0 Å². The Morgan fingerprint density at radius 2 is 1.02 bits per heavy atom. The summed E-state index contributed by atoms with van der Waals surface area (Å²) in [5, 5.41) is 10.5. The molecule has 0 fully saturated rings. The number of rotatable bonds is 3. The van der Waals surface area contributed by atoms with E-state index in [0.717, 1.165) is 0 Å². The number of fused-ring (bicyclic) bond motifs is 11. The van der Waals surface area contributed by atoms with Gasteiger partial charge in [0.2, 0.25) is 0 Å². The Bertz CT molecular complexity index is 2670. The van der Waals surface area contributed by atoms with Crippen LogP contribution in [0.25, 0.3) is 81.9 Å². The van der Waals surface area contributed by atoms with E-state index in [-0.39, 0.29) is 5.41 Å². The maximum absolute atomic E-state index is 2.55. The van der Waals surface area contributed by atoms with Crippen LogP contribution in [0.2, 0.25) is 0 Å². The van der Waals surface area contributed by atoms with Gasteiger partial charge in [-0.05, 0) is 120 Å². The van der Waals surface area contributed by atoms with Crippen LogP contribution in [-0.4, -0.2) is 4.40 Å². The summed E-state index contributed by atoms with van der Waals surface area (Å²) in [5.74, 6) is 0.990. The standard InChI is InChI=1S/C47H39N/c1-26(2)28-11-13-31-24-44-38(20-33(31)17-28)40-22-35(30-15-16-43-37(19-30)36-9-7-8-10-42(36)47(43,5)6)23-41-39-21-34-18-29(27(3)4)12-14-32(34)25-45(39)48(44)46(40)41/h7-27H,1-6H3. The number of hydrogen-bond donors (Lipinski definition) is 0. The molecule has 48 heavy (non-hydrogen) atoms. The van der Waals surface area contributed by atoms with Gasteiger partial charge in [0.25, 0.3) is 0 Å². The van der Waals surface area contributed by atoms with Gasteiger partial charge in [0.1, 0.15) is 0 Å². The quantitative estimate of drug-likeness (QED) is 0.186. The largest absolute Gasteiger partial charge is 0.308 e. The van der Waals surface area contributed by atoms with Gasteiger partial charge in [0.15, 0.2) is 0 Å². The highest BCUT2D eigenvalue weighted by Gasteiger charge is 2.35. The molecule has 0 amide bonds. The van der Waals surface area contributed by atoms with E-state index in [9.17, 15) is 0 Å². The second-order valence-electron chi connectivity index (χ2n) is 15.4. The van der Waals surface area contributed by atoms with Crippen molar-refractivity contribution in [1.29, 1.82) is 0 Å². The number of hydrogen-bond acceptors (Lipinski definition) is 0. The molecule has 232 valence electrons. The van der Waals surface area contributed by atoms with Gasteiger partial charge in [0.05, 0.1) is 16.6 Å². The molecule has 0 bridgehead atoms. The van der Waals surface area contributed by atoms with Gasteiger partial charge in [-0.15, -0.1) is 0 Å². The molecule has 2 heterocycles. The summed E-state index contributed by atoms with van der Waals surface area (Å²) in [7, 11) is 0. The fourth-order valence-electron chi connectivity index (χ4n) is 8.85. The smallest absolute Gasteiger partial charge is 0.0620 e. The number of nitrogens with zero attached hydrogens (tertiary/aromatic N) is 1. The van der Waals surface area contributed by atoms with E-state index >= 15 is 0 Å². The van der Waals surface area contributed by atoms with E-state index in [1.165, 1.54) is 104 Å². The summed E-state index contributed by atoms with van der Waals surface area (Å²) in [6.45, 7) is 13.8. The average molecular weight is 618 g/mol. The lowest BCUT2D eigenvalue weighted by atomic mass is 9.82. The average Bonchev–Trinajstić information content (AvgIpc) is 3.66. The van der Waals surface area contributed by atoms with Crippen molar-refractivity contribution in [2.24, 2.45) is 0 Å². The third kappa shape index (κ3) is 3.68. The van der Waals surface area contributed by atoms with Crippen molar-refractivity contribution in [3.63, 3.8) is 0 Å². The van der Waals surface area contributed by atoms with Crippen LogP contribution in [0.3, 0.4) is 0 Å². The van der Waals surface area contributed by atoms with Crippen molar-refractivity contribution in [3.8, 4) is 22.3 Å². The summed E-state index contributed by atoms with van der Waals surface area (Å²) in [4.78, 5) is 0. The van der Waals surface area contributed by atoms with Crippen LogP contribution in [0.5, 0.6) is 0 Å². The Labute approximate surface area is 281 Å². The maximum atomic E-state index is 2.55. The van der Waals surface area contributed by atoms with Crippen molar-refractivity contribution in [1.82, 2.24) is 4.40 Å². The first kappa shape index (κ1) is 27.9. The monoisotopic (exact) mass is 617 g/mol. The normalized spacial score (nSPS) is 14.2. The molecule has 10 rings (SSSR count). The van der Waals surface area contributed by atoms with Gasteiger partial charge in [-0.2, -0.15) is 0 Å². The molecular weight excluding hydrogens is 579 g/mol. The van der Waals surface area contributed by atoms with Gasteiger partial charge in [-0.25, -0.2) is 0 Å². The Morgan fingerprint density at radius 1 is 0.458 bits per heavy atom. The molecule has 0 saturated carbocycles. The van der Waals surface area contributed by atoms with E-state index in [2.05, 4.69) is 161 Å². The van der Waals surface area contributed by atoms with Crippen LogP contribution < -0.4 is 0 Å². The van der Waals surface area contributed by atoms with Crippen molar-refractivity contribution < 1.29 is 0 Å². The molecule has 0 unspecified atom stereocenters. The third-order valence-corrected chi connectivity index (χ3v) is 11.6. The minimum Gasteiger partial charge on any atom is -0.308 e. The highest BCUT2D eigenvalue weighted by atomic mass is 14.9. The first-order valence-electron chi connectivity index (χ1n) is 17.6. The summed E-state index contributed by atoms with van der Waals surface area (Å²) in [6.07, 6.45) is 0. The number of benzene rings is 7. The first-order valence-corrected chi connectivity index (χ1v) is 17.6. The van der Waals surface area contributed by atoms with E-state index in [1.807, 2.05) is 0 Å². The zero-order valence-corrected chi connectivity index (χ0v) is 28.6. The fourth-order valence-corrected chi connectivity index (χ4v) is 8.85. The van der Waals surface area contributed by atoms with Crippen molar-refractivity contribution in [3.05, 3.63) is 138 Å². The SMILES string of the molecule is CC(C)c1ccc2cc3c(cc2c1)c1cc(-c2ccc4c(c2)-c2ccccc2C4(C)C)cc2c4cc5cc(C(C)C)ccc5cc4n3c12. The lowest BCUT2D eigenvalue weighted by Crippen LogP contribution is -2.14. The Morgan fingerprint density at radius 3 is 1.60 bits per heavy atom. The molecule has 0 N–H and O–H groups in total. The zero-order valence-electron chi connectivity index (χ0n) is 28.6. The van der Waals surface area contributed by atoms with Gasteiger partial charge >= 0.3 is 0 Å². The van der Waals surface area contributed by atoms with Gasteiger partial charge in [-0.3, -0.25) is 0 Å². The van der Waals surface area contributed by atoms with Crippen LogP contribution >= 0.6 is 0 Å². The molecule has 0 radical (unpaired) electrons. The molecule has 1 nitrogen and oxygen atoms in total. The van der Waals surface area contributed by atoms with E-state index in [4.69, 9.17) is 0 Å². The summed E-state index contributed by atoms with van der Waals surface area (Å²) >= 11 is 0. The molecule has 0 aliphatic heterocycles. The molecule has 7 aromatic carbocycles. The van der Waals surface area contributed by atoms with Crippen LogP contribution in [0.4, 0.5) is 0 Å². The number of aromatic nitrogens is 1. The minimum atomic E-state index is 0.000637. The van der Waals surface area contributed by atoms with Crippen LogP contribution in [0.1, 0.15) is 75.6 Å². The molecule has 1 heteroatoms. The fraction of sp³-hybridized carbons (Fsp3) is 0.191. The van der Waals surface area contributed by atoms with Gasteiger partial charge < -0.3 is 4.40 Å². The minimum absolute atomic E-state index is 0.000637. The van der Waals surface area contributed by atoms with Crippen LogP contribution in [-0.2, 0) is 5.41 Å². The molecule has 2 aromatic heterocycles. The molecule has 9 aromatic rings. The van der Waals surface area contributed by atoms with Crippen molar-refractivity contribution in [2.75, 3.05) is 0 Å². The summed E-state index contributed by atoms with van der Waals surface area (Å²) < 4.78 is 2.55. The molecule has 0 saturated heterocycles. The molecular formula is C47H39N. The predicted octanol–water partition coefficient (Wildman–Crippen LogP) is 13.4. The Balaban J connectivity index is 1.31. The maximum Gasteiger partial charge on any atom is 0.0620 e. The van der Waals surface area contributed by atoms with Crippen molar-refractivity contribution in [2.45, 2.75) is 58.8 Å². The molecule has 0 spiro atoms. The topological polar surface area (TPSA) is 4.41 Å². The van der Waals surface area contributed by atoms with E-state index in [1.54, 1.807) is 0 Å². The highest BCUT2D eigenvalue weighted by molar-refractivity contribution is 6.27. The lowest BCUT2D eigenvalue weighted by molar-refractivity contribution is 0.660. The zero-order chi connectivity index (χ0) is 32.6. The second kappa shape index (κ2) is 9.48. The third-order valence-electron chi connectivity index (χ3n) is 11.6. The molecule has 1 aliphatic carbocycles. The van der Waals surface area contributed by atoms with Gasteiger partial charge in [-0.1, -0.05) is 114 Å². The summed E-state index contributed by atoms with van der Waals surface area (Å²) in [5.41, 5.74) is 14.8. The predicted molar refractivity (Wildman–Crippen MR) is 207 cm³/mol. The Kier molecular flexibility index (Phi) is 5.52. The lowest BCUT2D eigenvalue weighted by Gasteiger charge is -2.21.